The molecule has 1 aliphatic rings. The van der Waals surface area contributed by atoms with Gasteiger partial charge in [0, 0.05) is 36.6 Å². The Bertz CT molecular complexity index is 1490. The van der Waals surface area contributed by atoms with Gasteiger partial charge in [0.15, 0.2) is 5.82 Å². The summed E-state index contributed by atoms with van der Waals surface area (Å²) < 4.78 is 22.5. The lowest BCUT2D eigenvalue weighted by Crippen LogP contribution is -2.50. The molecule has 41 heavy (non-hydrogen) atoms. The first-order valence-electron chi connectivity index (χ1n) is 13.6. The van der Waals surface area contributed by atoms with E-state index >= 15 is 0 Å². The van der Waals surface area contributed by atoms with E-state index in [0.717, 1.165) is 29.7 Å². The average Bonchev–Trinajstić information content (AvgIpc) is 3.33. The summed E-state index contributed by atoms with van der Waals surface area (Å²) in [6.45, 7) is 11.7. The molecule has 10 heteroatoms. The predicted octanol–water partition coefficient (Wildman–Crippen LogP) is 6.39. The SMILES string of the molecule is Cc1noc(-c2nccc(Oc3ccc(C(C)(C)c4ccc(OC5CC(NC(=O)OC(C)(C)C)C5)cc4)cc3)n2)n1. The van der Waals surface area contributed by atoms with E-state index in [-0.39, 0.29) is 29.5 Å². The lowest BCUT2D eigenvalue weighted by atomic mass is 9.78. The number of rotatable bonds is 8. The van der Waals surface area contributed by atoms with Gasteiger partial charge in [0.2, 0.25) is 11.7 Å². The van der Waals surface area contributed by atoms with Gasteiger partial charge >= 0.3 is 6.09 Å². The minimum atomic E-state index is -0.506. The van der Waals surface area contributed by atoms with Crippen LogP contribution < -0.4 is 14.8 Å². The lowest BCUT2D eigenvalue weighted by molar-refractivity contribution is 0.0363. The van der Waals surface area contributed by atoms with Crippen molar-refractivity contribution in [1.29, 1.82) is 0 Å². The molecular weight excluding hydrogens is 522 g/mol. The molecule has 4 aromatic rings. The fraction of sp³-hybridized carbons (Fsp3) is 0.387. The van der Waals surface area contributed by atoms with Crippen LogP contribution in [-0.4, -0.2) is 43.9 Å². The molecule has 1 saturated carbocycles. The number of carbonyl (C=O) groups is 1. The maximum atomic E-state index is 11.9. The van der Waals surface area contributed by atoms with Crippen LogP contribution in [0.25, 0.3) is 11.7 Å². The maximum absolute atomic E-state index is 11.9. The second-order valence-corrected chi connectivity index (χ2v) is 11.7. The van der Waals surface area contributed by atoms with Crippen molar-refractivity contribution in [2.45, 2.75) is 77.5 Å². The van der Waals surface area contributed by atoms with E-state index in [4.69, 9.17) is 18.7 Å². The third kappa shape index (κ3) is 7.00. The molecule has 10 nitrogen and oxygen atoms in total. The Morgan fingerprint density at radius 2 is 1.54 bits per heavy atom. The second kappa shape index (κ2) is 11.2. The van der Waals surface area contributed by atoms with E-state index in [1.807, 2.05) is 45.0 Å². The molecule has 0 atom stereocenters. The molecule has 0 radical (unpaired) electrons. The molecule has 1 fully saturated rings. The van der Waals surface area contributed by atoms with Gasteiger partial charge in [-0.3, -0.25) is 0 Å². The first-order valence-corrected chi connectivity index (χ1v) is 13.6. The number of aromatic nitrogens is 4. The third-order valence-corrected chi connectivity index (χ3v) is 6.84. The van der Waals surface area contributed by atoms with E-state index < -0.39 is 5.60 Å². The summed E-state index contributed by atoms with van der Waals surface area (Å²) in [5.41, 5.74) is 1.55. The summed E-state index contributed by atoms with van der Waals surface area (Å²) in [4.78, 5) is 24.7. The van der Waals surface area contributed by atoms with Crippen LogP contribution in [0.4, 0.5) is 4.79 Å². The Balaban J connectivity index is 1.15. The summed E-state index contributed by atoms with van der Waals surface area (Å²) in [5.74, 6) is 2.91. The summed E-state index contributed by atoms with van der Waals surface area (Å²) in [7, 11) is 0. The van der Waals surface area contributed by atoms with Crippen LogP contribution in [0.2, 0.25) is 0 Å². The monoisotopic (exact) mass is 557 g/mol. The molecule has 1 aliphatic carbocycles. The smallest absolute Gasteiger partial charge is 0.407 e. The van der Waals surface area contributed by atoms with E-state index in [1.54, 1.807) is 19.2 Å². The van der Waals surface area contributed by atoms with Gasteiger partial charge in [-0.05, 0) is 63.1 Å². The van der Waals surface area contributed by atoms with Crippen LogP contribution in [0, 0.1) is 6.92 Å². The number of amides is 1. The first-order chi connectivity index (χ1) is 19.4. The summed E-state index contributed by atoms with van der Waals surface area (Å²) in [5, 5.41) is 6.68. The summed E-state index contributed by atoms with van der Waals surface area (Å²) in [6.07, 6.45) is 2.79. The van der Waals surface area contributed by atoms with Crippen molar-refractivity contribution in [3.63, 3.8) is 0 Å². The Labute approximate surface area is 239 Å². The molecule has 2 aromatic carbocycles. The molecule has 1 amide bonds. The number of aryl methyl sites for hydroxylation is 1. The Morgan fingerprint density at radius 1 is 0.902 bits per heavy atom. The Morgan fingerprint density at radius 3 is 2.12 bits per heavy atom. The molecular formula is C31H35N5O5. The van der Waals surface area contributed by atoms with Gasteiger partial charge in [0.25, 0.3) is 5.89 Å². The van der Waals surface area contributed by atoms with Gasteiger partial charge in [-0.1, -0.05) is 43.3 Å². The van der Waals surface area contributed by atoms with Gasteiger partial charge < -0.3 is 24.1 Å². The van der Waals surface area contributed by atoms with Crippen molar-refractivity contribution in [2.75, 3.05) is 0 Å². The summed E-state index contributed by atoms with van der Waals surface area (Å²) in [6, 6.07) is 17.9. The van der Waals surface area contributed by atoms with Crippen molar-refractivity contribution in [1.82, 2.24) is 25.4 Å². The molecule has 2 heterocycles. The highest BCUT2D eigenvalue weighted by Gasteiger charge is 2.33. The van der Waals surface area contributed by atoms with E-state index in [0.29, 0.717) is 23.3 Å². The number of alkyl carbamates (subject to hydrolysis) is 1. The van der Waals surface area contributed by atoms with Crippen LogP contribution in [-0.2, 0) is 10.2 Å². The molecule has 2 aromatic heterocycles. The first kappa shape index (κ1) is 28.1. The minimum absolute atomic E-state index is 0.0726. The fourth-order valence-corrected chi connectivity index (χ4v) is 4.51. The number of nitrogens with one attached hydrogen (secondary N) is 1. The normalized spacial score (nSPS) is 16.9. The molecule has 0 aliphatic heterocycles. The van der Waals surface area contributed by atoms with Gasteiger partial charge in [0.1, 0.15) is 23.2 Å². The van der Waals surface area contributed by atoms with Crippen molar-refractivity contribution >= 4 is 6.09 Å². The zero-order chi connectivity index (χ0) is 29.2. The molecule has 0 spiro atoms. The van der Waals surface area contributed by atoms with Crippen molar-refractivity contribution in [3.05, 3.63) is 77.7 Å². The molecule has 0 saturated heterocycles. The zero-order valence-corrected chi connectivity index (χ0v) is 24.2. The number of hydrogen-bond acceptors (Lipinski definition) is 9. The van der Waals surface area contributed by atoms with E-state index in [1.165, 1.54) is 0 Å². The lowest BCUT2D eigenvalue weighted by Gasteiger charge is -2.36. The van der Waals surface area contributed by atoms with Gasteiger partial charge in [0.05, 0.1) is 0 Å². The standard InChI is InChI=1S/C31H35N5O5/c1-19-33-28(41-36-19)27-32-16-15-26(35-27)39-24-13-9-21(10-14-24)31(5,6)20-7-11-23(12-8-20)38-25-17-22(18-25)34-29(37)40-30(2,3)4/h7-16,22,25H,17-18H2,1-6H3,(H,34,37). The van der Waals surface area contributed by atoms with E-state index in [2.05, 4.69) is 63.5 Å². The highest BCUT2D eigenvalue weighted by Crippen LogP contribution is 2.35. The van der Waals surface area contributed by atoms with Crippen molar-refractivity contribution in [2.24, 2.45) is 0 Å². The number of ether oxygens (including phenoxy) is 3. The molecule has 1 N–H and O–H groups in total. The highest BCUT2D eigenvalue weighted by molar-refractivity contribution is 5.68. The Kier molecular flexibility index (Phi) is 7.66. The average molecular weight is 558 g/mol. The topological polar surface area (TPSA) is 121 Å². The summed E-state index contributed by atoms with van der Waals surface area (Å²) >= 11 is 0. The molecule has 214 valence electrons. The molecule has 0 unspecified atom stereocenters. The van der Waals surface area contributed by atoms with Crippen LogP contribution in [0.15, 0.2) is 65.3 Å². The van der Waals surface area contributed by atoms with Crippen LogP contribution >= 0.6 is 0 Å². The largest absolute Gasteiger partial charge is 0.490 e. The fourth-order valence-electron chi connectivity index (χ4n) is 4.51. The minimum Gasteiger partial charge on any atom is -0.490 e. The van der Waals surface area contributed by atoms with Crippen LogP contribution in [0.5, 0.6) is 17.4 Å². The molecule has 5 rings (SSSR count). The van der Waals surface area contributed by atoms with Crippen LogP contribution in [0.3, 0.4) is 0 Å². The number of nitrogens with zero attached hydrogens (tertiary/aromatic N) is 4. The van der Waals surface area contributed by atoms with Gasteiger partial charge in [-0.15, -0.1) is 0 Å². The van der Waals surface area contributed by atoms with E-state index in [9.17, 15) is 4.79 Å². The van der Waals surface area contributed by atoms with Crippen molar-refractivity contribution in [3.8, 4) is 29.1 Å². The highest BCUT2D eigenvalue weighted by atomic mass is 16.6. The maximum Gasteiger partial charge on any atom is 0.407 e. The quantitative estimate of drug-likeness (QED) is 0.263. The number of carbonyl (C=O) groups excluding carboxylic acids is 1. The van der Waals surface area contributed by atoms with Gasteiger partial charge in [-0.25, -0.2) is 9.78 Å². The molecule has 0 bridgehead atoms. The number of benzene rings is 2. The Hall–Kier alpha value is -4.47. The predicted molar refractivity (Wildman–Crippen MR) is 152 cm³/mol. The van der Waals surface area contributed by atoms with Gasteiger partial charge in [-0.2, -0.15) is 9.97 Å². The zero-order valence-electron chi connectivity index (χ0n) is 24.2. The second-order valence-electron chi connectivity index (χ2n) is 11.7. The number of hydrogen-bond donors (Lipinski definition) is 1. The third-order valence-electron chi connectivity index (χ3n) is 6.84. The van der Waals surface area contributed by atoms with Crippen LogP contribution in [0.1, 0.15) is 64.4 Å². The van der Waals surface area contributed by atoms with Crippen molar-refractivity contribution < 1.29 is 23.5 Å².